The molecule has 86 valence electrons. The number of hydrogen-bond acceptors (Lipinski definition) is 3. The highest BCUT2D eigenvalue weighted by atomic mass is 79.9. The van der Waals surface area contributed by atoms with Crippen molar-refractivity contribution >= 4 is 27.7 Å². The highest BCUT2D eigenvalue weighted by molar-refractivity contribution is 9.09. The van der Waals surface area contributed by atoms with E-state index < -0.39 is 11.8 Å². The van der Waals surface area contributed by atoms with Gasteiger partial charge in [0.15, 0.2) is 0 Å². The molecule has 4 heteroatoms. The number of hydrogen-bond donors (Lipinski definition) is 0. The molecule has 3 nitrogen and oxygen atoms in total. The van der Waals surface area contributed by atoms with Crippen LogP contribution in [0, 0.1) is 0 Å². The van der Waals surface area contributed by atoms with Gasteiger partial charge in [-0.2, -0.15) is 0 Å². The average Bonchev–Trinajstić information content (AvgIpc) is 2.34. The summed E-state index contributed by atoms with van der Waals surface area (Å²) in [6, 6.07) is 9.28. The van der Waals surface area contributed by atoms with Gasteiger partial charge in [0.25, 0.3) is 0 Å². The Bertz CT molecular complexity index is 349. The van der Waals surface area contributed by atoms with Gasteiger partial charge in [0.1, 0.15) is 6.61 Å². The number of benzene rings is 1. The molecule has 16 heavy (non-hydrogen) atoms. The van der Waals surface area contributed by atoms with Gasteiger partial charge in [-0.1, -0.05) is 46.3 Å². The molecule has 0 saturated heterocycles. The topological polar surface area (TPSA) is 43.4 Å². The molecule has 1 aromatic carbocycles. The van der Waals surface area contributed by atoms with E-state index in [-0.39, 0.29) is 13.0 Å². The molecule has 0 heterocycles. The van der Waals surface area contributed by atoms with Crippen LogP contribution in [0.5, 0.6) is 0 Å². The van der Waals surface area contributed by atoms with Crippen LogP contribution in [0.4, 0.5) is 0 Å². The predicted octanol–water partition coefficient (Wildman–Crippen LogP) is 2.47. The number of esters is 1. The number of alkyl halides is 1. The van der Waals surface area contributed by atoms with Crippen LogP contribution >= 0.6 is 15.9 Å². The Morgan fingerprint density at radius 3 is 2.50 bits per heavy atom. The van der Waals surface area contributed by atoms with Gasteiger partial charge in [-0.05, 0) is 12.0 Å². The average molecular weight is 285 g/mol. The van der Waals surface area contributed by atoms with E-state index in [0.29, 0.717) is 11.8 Å². The van der Waals surface area contributed by atoms with E-state index in [2.05, 4.69) is 15.9 Å². The molecule has 0 radical (unpaired) electrons. The van der Waals surface area contributed by atoms with E-state index in [9.17, 15) is 9.59 Å². The van der Waals surface area contributed by atoms with Gasteiger partial charge in [0.05, 0.1) is 0 Å². The summed E-state index contributed by atoms with van der Waals surface area (Å²) < 4.78 is 4.88. The molecule has 1 aromatic rings. The number of ketones is 1. The van der Waals surface area contributed by atoms with Crippen molar-refractivity contribution in [1.82, 2.24) is 0 Å². The predicted molar refractivity (Wildman–Crippen MR) is 64.3 cm³/mol. The highest BCUT2D eigenvalue weighted by Crippen LogP contribution is 2.02. The minimum Gasteiger partial charge on any atom is -0.455 e. The Balaban J connectivity index is 2.32. The van der Waals surface area contributed by atoms with Crippen molar-refractivity contribution in [3.05, 3.63) is 35.9 Å². The Hall–Kier alpha value is -1.16. The van der Waals surface area contributed by atoms with Crippen molar-refractivity contribution < 1.29 is 14.3 Å². The van der Waals surface area contributed by atoms with Gasteiger partial charge in [-0.3, -0.25) is 4.79 Å². The summed E-state index contributed by atoms with van der Waals surface area (Å²) in [6.07, 6.45) is 0.887. The highest BCUT2D eigenvalue weighted by Gasteiger charge is 2.14. The van der Waals surface area contributed by atoms with Crippen LogP contribution in [0.3, 0.4) is 0 Å². The molecule has 0 N–H and O–H groups in total. The molecule has 0 aromatic heterocycles. The molecule has 0 atom stereocenters. The first-order chi connectivity index (χ1) is 7.74. The summed E-state index contributed by atoms with van der Waals surface area (Å²) in [5.41, 5.74) is 0.879. The first-order valence-corrected chi connectivity index (χ1v) is 6.16. The van der Waals surface area contributed by atoms with Crippen molar-refractivity contribution in [1.29, 1.82) is 0 Å². The number of carbonyl (C=O) groups is 2. The van der Waals surface area contributed by atoms with Gasteiger partial charge < -0.3 is 4.74 Å². The summed E-state index contributed by atoms with van der Waals surface area (Å²) in [5.74, 6) is -1.21. The molecular weight excluding hydrogens is 272 g/mol. The lowest BCUT2D eigenvalue weighted by Crippen LogP contribution is -2.17. The molecule has 0 bridgehead atoms. The molecule has 1 rings (SSSR count). The van der Waals surface area contributed by atoms with Crippen LogP contribution < -0.4 is 0 Å². The Morgan fingerprint density at radius 1 is 1.19 bits per heavy atom. The first kappa shape index (κ1) is 12.9. The fourth-order valence-corrected chi connectivity index (χ4v) is 1.41. The van der Waals surface area contributed by atoms with E-state index >= 15 is 0 Å². The van der Waals surface area contributed by atoms with Gasteiger partial charge in [0.2, 0.25) is 5.78 Å². The summed E-state index contributed by atoms with van der Waals surface area (Å²) in [7, 11) is 0. The monoisotopic (exact) mass is 284 g/mol. The van der Waals surface area contributed by atoms with Crippen molar-refractivity contribution in [3.63, 3.8) is 0 Å². The zero-order valence-electron chi connectivity index (χ0n) is 8.82. The fraction of sp³-hybridized carbons (Fsp3) is 0.333. The maximum absolute atomic E-state index is 11.2. The lowest BCUT2D eigenvalue weighted by atomic mass is 10.2. The summed E-state index contributed by atoms with van der Waals surface area (Å²) in [4.78, 5) is 22.5. The summed E-state index contributed by atoms with van der Waals surface area (Å²) in [6.45, 7) is 0.153. The van der Waals surface area contributed by atoms with Gasteiger partial charge in [-0.25, -0.2) is 4.79 Å². The summed E-state index contributed by atoms with van der Waals surface area (Å²) in [5, 5.41) is 0.713. The third-order valence-electron chi connectivity index (χ3n) is 1.98. The number of halogens is 1. The molecule has 0 aliphatic rings. The van der Waals surface area contributed by atoms with Crippen molar-refractivity contribution in [2.24, 2.45) is 0 Å². The van der Waals surface area contributed by atoms with Crippen LogP contribution in [-0.4, -0.2) is 17.1 Å². The lowest BCUT2D eigenvalue weighted by Gasteiger charge is -2.03. The minimum absolute atomic E-state index is 0.153. The molecular formula is C12H13BrO3. The fourth-order valence-electron chi connectivity index (χ4n) is 1.13. The van der Waals surface area contributed by atoms with Crippen LogP contribution in [-0.2, 0) is 20.9 Å². The van der Waals surface area contributed by atoms with E-state index in [1.54, 1.807) is 0 Å². The van der Waals surface area contributed by atoms with Crippen LogP contribution in [0.15, 0.2) is 30.3 Å². The molecule has 0 fully saturated rings. The van der Waals surface area contributed by atoms with Crippen LogP contribution in [0.1, 0.15) is 18.4 Å². The first-order valence-electron chi connectivity index (χ1n) is 5.04. The summed E-state index contributed by atoms with van der Waals surface area (Å²) >= 11 is 3.20. The van der Waals surface area contributed by atoms with E-state index in [1.807, 2.05) is 30.3 Å². The number of Topliss-reactive ketones (excluding diaryl/α,β-unsaturated/α-hetero) is 1. The minimum atomic E-state index is -0.746. The molecule has 0 aliphatic carbocycles. The Labute approximate surface area is 103 Å². The molecule has 0 spiro atoms. The second-order valence-electron chi connectivity index (χ2n) is 3.28. The zero-order valence-corrected chi connectivity index (χ0v) is 10.4. The quantitative estimate of drug-likeness (QED) is 0.458. The standard InChI is InChI=1S/C12H13BrO3/c13-8-4-7-11(14)12(15)16-9-10-5-2-1-3-6-10/h1-3,5-6H,4,7-9H2. The lowest BCUT2D eigenvalue weighted by molar-refractivity contribution is -0.154. The number of carbonyl (C=O) groups excluding carboxylic acids is 2. The molecule has 0 saturated carbocycles. The van der Waals surface area contributed by atoms with E-state index in [0.717, 1.165) is 5.56 Å². The second-order valence-corrected chi connectivity index (χ2v) is 4.07. The van der Waals surface area contributed by atoms with E-state index in [1.165, 1.54) is 0 Å². The Morgan fingerprint density at radius 2 is 1.88 bits per heavy atom. The molecule has 0 amide bonds. The van der Waals surface area contributed by atoms with Crippen LogP contribution in [0.2, 0.25) is 0 Å². The van der Waals surface area contributed by atoms with Gasteiger partial charge in [-0.15, -0.1) is 0 Å². The zero-order chi connectivity index (χ0) is 11.8. The van der Waals surface area contributed by atoms with Crippen molar-refractivity contribution in [2.45, 2.75) is 19.4 Å². The normalized spacial score (nSPS) is 9.81. The molecule has 0 unspecified atom stereocenters. The van der Waals surface area contributed by atoms with Crippen LogP contribution in [0.25, 0.3) is 0 Å². The van der Waals surface area contributed by atoms with E-state index in [4.69, 9.17) is 4.74 Å². The third kappa shape index (κ3) is 4.57. The maximum atomic E-state index is 11.2. The largest absolute Gasteiger partial charge is 0.455 e. The SMILES string of the molecule is O=C(CCCBr)C(=O)OCc1ccccc1. The third-order valence-corrected chi connectivity index (χ3v) is 2.54. The van der Waals surface area contributed by atoms with Gasteiger partial charge in [0, 0.05) is 11.8 Å². The van der Waals surface area contributed by atoms with Crippen molar-refractivity contribution in [2.75, 3.05) is 5.33 Å². The smallest absolute Gasteiger partial charge is 0.374 e. The molecule has 0 aliphatic heterocycles. The number of rotatable bonds is 6. The number of ether oxygens (including phenoxy) is 1. The maximum Gasteiger partial charge on any atom is 0.374 e. The Kier molecular flexibility index (Phi) is 5.78. The van der Waals surface area contributed by atoms with Gasteiger partial charge >= 0.3 is 5.97 Å². The second kappa shape index (κ2) is 7.17. The van der Waals surface area contributed by atoms with Crippen molar-refractivity contribution in [3.8, 4) is 0 Å².